The number of nitrogens with zero attached hydrogens (tertiary/aromatic N) is 3. The Kier molecular flexibility index (Phi) is 4.42. The van der Waals surface area contributed by atoms with Crippen molar-refractivity contribution < 1.29 is 22.7 Å². The monoisotopic (exact) mass is 340 g/mol. The zero-order valence-electron chi connectivity index (χ0n) is 13.2. The molecule has 2 rings (SSSR count). The highest BCUT2D eigenvalue weighted by atomic mass is 19.4. The Morgan fingerprint density at radius 3 is 2.58 bits per heavy atom. The molecule has 1 N–H and O–H groups in total. The molecular weight excluding hydrogens is 325 g/mol. The van der Waals surface area contributed by atoms with E-state index in [2.05, 4.69) is 10.4 Å². The van der Waals surface area contributed by atoms with E-state index in [0.29, 0.717) is 0 Å². The van der Waals surface area contributed by atoms with Gasteiger partial charge in [0.05, 0.1) is 29.0 Å². The van der Waals surface area contributed by atoms with Crippen LogP contribution in [0.15, 0.2) is 18.3 Å². The molecule has 24 heavy (non-hydrogen) atoms. The number of aromatic nitrogens is 2. The van der Waals surface area contributed by atoms with Gasteiger partial charge >= 0.3 is 12.3 Å². The molecule has 1 heterocycles. The van der Waals surface area contributed by atoms with E-state index in [1.807, 2.05) is 6.07 Å². The topological polar surface area (TPSA) is 79.9 Å². The van der Waals surface area contributed by atoms with Crippen LogP contribution in [0.2, 0.25) is 0 Å². The maximum absolute atomic E-state index is 13.1. The van der Waals surface area contributed by atoms with Gasteiger partial charge in [-0.3, -0.25) is 10.00 Å². The highest BCUT2D eigenvalue weighted by Gasteiger charge is 2.32. The number of hydrogen-bond acceptors (Lipinski definition) is 4. The Morgan fingerprint density at radius 2 is 2.04 bits per heavy atom. The minimum absolute atomic E-state index is 0.0849. The SMILES string of the molecule is CC(C)(C)OC(=O)Nc1cc(C(F)(F)F)cc2c1cnn2CC#N. The van der Waals surface area contributed by atoms with Crippen molar-refractivity contribution in [3.8, 4) is 6.07 Å². The van der Waals surface area contributed by atoms with Gasteiger partial charge in [-0.25, -0.2) is 4.79 Å². The van der Waals surface area contributed by atoms with E-state index in [4.69, 9.17) is 10.00 Å². The van der Waals surface area contributed by atoms with Crippen molar-refractivity contribution in [2.75, 3.05) is 5.32 Å². The lowest BCUT2D eigenvalue weighted by Gasteiger charge is -2.20. The number of carbonyl (C=O) groups is 1. The number of hydrogen-bond donors (Lipinski definition) is 1. The molecule has 0 saturated carbocycles. The molecule has 1 amide bonds. The summed E-state index contributed by atoms with van der Waals surface area (Å²) < 4.78 is 45.5. The number of rotatable bonds is 2. The largest absolute Gasteiger partial charge is 0.444 e. The van der Waals surface area contributed by atoms with Gasteiger partial charge in [-0.2, -0.15) is 23.5 Å². The van der Waals surface area contributed by atoms with Crippen LogP contribution >= 0.6 is 0 Å². The van der Waals surface area contributed by atoms with Crippen molar-refractivity contribution in [3.63, 3.8) is 0 Å². The maximum Gasteiger partial charge on any atom is 0.416 e. The molecule has 2 aromatic rings. The standard InChI is InChI=1S/C15H15F3N4O2/c1-14(2,3)24-13(23)21-11-6-9(15(16,17)18)7-12-10(11)8-20-22(12)5-4-19/h6-8H,5H2,1-3H3,(H,21,23). The second-order valence-corrected chi connectivity index (χ2v) is 6.04. The summed E-state index contributed by atoms with van der Waals surface area (Å²) in [4.78, 5) is 11.9. The van der Waals surface area contributed by atoms with Crippen LogP contribution in [-0.2, 0) is 17.5 Å². The second-order valence-electron chi connectivity index (χ2n) is 6.04. The molecule has 1 aromatic heterocycles. The number of nitrogens with one attached hydrogen (secondary N) is 1. The molecule has 0 saturated heterocycles. The number of anilines is 1. The zero-order valence-corrected chi connectivity index (χ0v) is 13.2. The van der Waals surface area contributed by atoms with Gasteiger partial charge in [0.25, 0.3) is 0 Å². The summed E-state index contributed by atoms with van der Waals surface area (Å²) in [5.41, 5.74) is -1.74. The smallest absolute Gasteiger partial charge is 0.416 e. The molecule has 0 aliphatic rings. The fourth-order valence-electron chi connectivity index (χ4n) is 2.05. The van der Waals surface area contributed by atoms with Crippen molar-refractivity contribution in [2.45, 2.75) is 39.1 Å². The molecule has 0 fully saturated rings. The first-order valence-electron chi connectivity index (χ1n) is 6.95. The Labute approximate surface area is 135 Å². The van der Waals surface area contributed by atoms with Crippen molar-refractivity contribution in [1.82, 2.24) is 9.78 Å². The van der Waals surface area contributed by atoms with Crippen LogP contribution in [0.4, 0.5) is 23.7 Å². The van der Waals surface area contributed by atoms with Crippen molar-refractivity contribution >= 4 is 22.7 Å². The second kappa shape index (κ2) is 6.03. The first-order chi connectivity index (χ1) is 11.0. The number of halogens is 3. The summed E-state index contributed by atoms with van der Waals surface area (Å²) in [6.07, 6.45) is -4.20. The van der Waals surface area contributed by atoms with Crippen LogP contribution in [0.5, 0.6) is 0 Å². The molecule has 0 spiro atoms. The number of alkyl halides is 3. The number of nitriles is 1. The van der Waals surface area contributed by atoms with Gasteiger partial charge in [-0.05, 0) is 32.9 Å². The fourth-order valence-corrected chi connectivity index (χ4v) is 2.05. The van der Waals surface area contributed by atoms with E-state index in [1.54, 1.807) is 20.8 Å². The lowest BCUT2D eigenvalue weighted by Crippen LogP contribution is -2.27. The van der Waals surface area contributed by atoms with E-state index < -0.39 is 23.4 Å². The highest BCUT2D eigenvalue weighted by Crippen LogP contribution is 2.35. The first-order valence-corrected chi connectivity index (χ1v) is 6.95. The van der Waals surface area contributed by atoms with Crippen LogP contribution < -0.4 is 5.32 Å². The summed E-state index contributed by atoms with van der Waals surface area (Å²) in [6, 6.07) is 3.52. The van der Waals surface area contributed by atoms with Crippen LogP contribution in [0, 0.1) is 11.3 Å². The maximum atomic E-state index is 13.1. The number of ether oxygens (including phenoxy) is 1. The Morgan fingerprint density at radius 1 is 1.38 bits per heavy atom. The van der Waals surface area contributed by atoms with Gasteiger partial charge in [0, 0.05) is 5.39 Å². The predicted octanol–water partition coefficient (Wildman–Crippen LogP) is 3.93. The molecule has 128 valence electrons. The molecule has 1 aromatic carbocycles. The number of fused-ring (bicyclic) bond motifs is 1. The van der Waals surface area contributed by atoms with Crippen molar-refractivity contribution in [1.29, 1.82) is 5.26 Å². The third kappa shape index (κ3) is 3.95. The predicted molar refractivity (Wildman–Crippen MR) is 80.2 cm³/mol. The number of amides is 1. The minimum Gasteiger partial charge on any atom is -0.444 e. The number of benzene rings is 1. The van der Waals surface area contributed by atoms with Crippen LogP contribution in [0.25, 0.3) is 10.9 Å². The Balaban J connectivity index is 2.51. The van der Waals surface area contributed by atoms with Crippen LogP contribution in [0.1, 0.15) is 26.3 Å². The zero-order chi connectivity index (χ0) is 18.1. The summed E-state index contributed by atoms with van der Waals surface area (Å²) in [7, 11) is 0. The first kappa shape index (κ1) is 17.6. The average Bonchev–Trinajstić information content (AvgIpc) is 2.79. The molecular formula is C15H15F3N4O2. The van der Waals surface area contributed by atoms with Crippen molar-refractivity contribution in [2.24, 2.45) is 0 Å². The molecule has 0 bridgehead atoms. The molecule has 0 aliphatic carbocycles. The van der Waals surface area contributed by atoms with Crippen molar-refractivity contribution in [3.05, 3.63) is 23.9 Å². The minimum atomic E-state index is -4.61. The van der Waals surface area contributed by atoms with Crippen LogP contribution in [0.3, 0.4) is 0 Å². The normalized spacial score (nSPS) is 12.0. The summed E-state index contributed by atoms with van der Waals surface area (Å²) in [6.45, 7) is 4.70. The van der Waals surface area contributed by atoms with Gasteiger partial charge in [-0.15, -0.1) is 0 Å². The molecule has 0 radical (unpaired) electrons. The van der Waals surface area contributed by atoms with E-state index in [0.717, 1.165) is 16.8 Å². The summed E-state index contributed by atoms with van der Waals surface area (Å²) in [5.74, 6) is 0. The van der Waals surface area contributed by atoms with Gasteiger partial charge in [0.1, 0.15) is 12.1 Å². The Hall–Kier alpha value is -2.76. The van der Waals surface area contributed by atoms with Gasteiger partial charge in [0.2, 0.25) is 0 Å². The highest BCUT2D eigenvalue weighted by molar-refractivity contribution is 5.99. The van der Waals surface area contributed by atoms with E-state index in [9.17, 15) is 18.0 Å². The van der Waals surface area contributed by atoms with Gasteiger partial charge < -0.3 is 4.74 Å². The third-order valence-electron chi connectivity index (χ3n) is 2.95. The molecule has 9 heteroatoms. The fraction of sp³-hybridized carbons (Fsp3) is 0.400. The lowest BCUT2D eigenvalue weighted by molar-refractivity contribution is -0.137. The van der Waals surface area contributed by atoms with Gasteiger partial charge in [-0.1, -0.05) is 0 Å². The van der Waals surface area contributed by atoms with E-state index in [-0.39, 0.29) is 23.1 Å². The number of carbonyl (C=O) groups excluding carboxylic acids is 1. The van der Waals surface area contributed by atoms with E-state index >= 15 is 0 Å². The van der Waals surface area contributed by atoms with Gasteiger partial charge in [0.15, 0.2) is 0 Å². The lowest BCUT2D eigenvalue weighted by atomic mass is 10.1. The molecule has 0 atom stereocenters. The average molecular weight is 340 g/mol. The summed E-state index contributed by atoms with van der Waals surface area (Å²) in [5, 5.41) is 15.2. The quantitative estimate of drug-likeness (QED) is 0.898. The third-order valence-corrected chi connectivity index (χ3v) is 2.95. The van der Waals surface area contributed by atoms with E-state index in [1.165, 1.54) is 6.20 Å². The molecule has 6 nitrogen and oxygen atoms in total. The summed E-state index contributed by atoms with van der Waals surface area (Å²) >= 11 is 0. The molecule has 0 aliphatic heterocycles. The molecule has 0 unspecified atom stereocenters. The Bertz CT molecular complexity index is 813. The van der Waals surface area contributed by atoms with Crippen LogP contribution in [-0.4, -0.2) is 21.5 Å².